The summed E-state index contributed by atoms with van der Waals surface area (Å²) in [7, 11) is 0. The predicted molar refractivity (Wildman–Crippen MR) is 62.5 cm³/mol. The molecule has 0 radical (unpaired) electrons. The van der Waals surface area contributed by atoms with E-state index in [1.54, 1.807) is 0 Å². The minimum absolute atomic E-state index is 0.826. The van der Waals surface area contributed by atoms with E-state index in [1.807, 2.05) is 0 Å². The highest BCUT2D eigenvalue weighted by Crippen LogP contribution is 2.12. The van der Waals surface area contributed by atoms with Gasteiger partial charge in [0, 0.05) is 0 Å². The zero-order valence-corrected chi connectivity index (χ0v) is 9.34. The van der Waals surface area contributed by atoms with Gasteiger partial charge >= 0.3 is 0 Å². The van der Waals surface area contributed by atoms with Crippen LogP contribution in [-0.4, -0.2) is 6.54 Å². The van der Waals surface area contributed by atoms with E-state index in [0.29, 0.717) is 0 Å². The van der Waals surface area contributed by atoms with Gasteiger partial charge in [-0.15, -0.1) is 0 Å². The molecule has 0 atom stereocenters. The summed E-state index contributed by atoms with van der Waals surface area (Å²) in [6.45, 7) is 5.17. The SMILES string of the molecule is Cc1ccc(CCCCCN)cc1C. The van der Waals surface area contributed by atoms with Gasteiger partial charge in [0.05, 0.1) is 0 Å². The molecule has 0 fully saturated rings. The lowest BCUT2D eigenvalue weighted by molar-refractivity contribution is 0.686. The van der Waals surface area contributed by atoms with Gasteiger partial charge in [-0.2, -0.15) is 0 Å². The van der Waals surface area contributed by atoms with Crippen molar-refractivity contribution in [2.24, 2.45) is 5.73 Å². The molecule has 0 bridgehead atoms. The Morgan fingerprint density at radius 1 is 1.00 bits per heavy atom. The summed E-state index contributed by atoms with van der Waals surface area (Å²) in [5.74, 6) is 0. The third-order valence-electron chi connectivity index (χ3n) is 2.74. The van der Waals surface area contributed by atoms with Crippen LogP contribution in [0.2, 0.25) is 0 Å². The van der Waals surface area contributed by atoms with Crippen LogP contribution in [0.3, 0.4) is 0 Å². The lowest BCUT2D eigenvalue weighted by atomic mass is 10.0. The van der Waals surface area contributed by atoms with Gasteiger partial charge in [-0.05, 0) is 56.3 Å². The summed E-state index contributed by atoms with van der Waals surface area (Å²) in [6.07, 6.45) is 4.87. The summed E-state index contributed by atoms with van der Waals surface area (Å²) in [4.78, 5) is 0. The van der Waals surface area contributed by atoms with Crippen molar-refractivity contribution in [3.05, 3.63) is 34.9 Å². The van der Waals surface area contributed by atoms with Gasteiger partial charge in [-0.3, -0.25) is 0 Å². The summed E-state index contributed by atoms with van der Waals surface area (Å²) in [5.41, 5.74) is 9.70. The first-order valence-electron chi connectivity index (χ1n) is 5.50. The Morgan fingerprint density at radius 2 is 1.79 bits per heavy atom. The van der Waals surface area contributed by atoms with E-state index >= 15 is 0 Å². The molecule has 14 heavy (non-hydrogen) atoms. The molecule has 1 heteroatoms. The van der Waals surface area contributed by atoms with Crippen LogP contribution in [0.4, 0.5) is 0 Å². The Kier molecular flexibility index (Phi) is 4.68. The number of aryl methyl sites for hydroxylation is 3. The fourth-order valence-corrected chi connectivity index (χ4v) is 1.61. The first-order valence-corrected chi connectivity index (χ1v) is 5.50. The van der Waals surface area contributed by atoms with E-state index in [9.17, 15) is 0 Å². The largest absolute Gasteiger partial charge is 0.330 e. The van der Waals surface area contributed by atoms with Crippen LogP contribution < -0.4 is 5.73 Å². The second-order valence-corrected chi connectivity index (χ2v) is 4.02. The molecule has 0 heterocycles. The Morgan fingerprint density at radius 3 is 2.43 bits per heavy atom. The third kappa shape index (κ3) is 3.51. The highest BCUT2D eigenvalue weighted by Gasteiger charge is 1.96. The van der Waals surface area contributed by atoms with E-state index < -0.39 is 0 Å². The number of rotatable bonds is 5. The number of benzene rings is 1. The maximum absolute atomic E-state index is 5.45. The topological polar surface area (TPSA) is 26.0 Å². The number of nitrogens with two attached hydrogens (primary N) is 1. The summed E-state index contributed by atoms with van der Waals surface area (Å²) in [6, 6.07) is 6.76. The first-order chi connectivity index (χ1) is 6.74. The molecule has 1 aromatic carbocycles. The highest BCUT2D eigenvalue weighted by atomic mass is 14.5. The van der Waals surface area contributed by atoms with Gasteiger partial charge < -0.3 is 5.73 Å². The summed E-state index contributed by atoms with van der Waals surface area (Å²) in [5, 5.41) is 0. The zero-order valence-electron chi connectivity index (χ0n) is 9.34. The number of hydrogen-bond donors (Lipinski definition) is 1. The van der Waals surface area contributed by atoms with Gasteiger partial charge in [0.25, 0.3) is 0 Å². The zero-order chi connectivity index (χ0) is 10.4. The maximum atomic E-state index is 5.45. The molecule has 1 nitrogen and oxygen atoms in total. The molecule has 0 amide bonds. The second kappa shape index (κ2) is 5.82. The van der Waals surface area contributed by atoms with Gasteiger partial charge in [0.15, 0.2) is 0 Å². The second-order valence-electron chi connectivity index (χ2n) is 4.02. The minimum atomic E-state index is 0.826. The highest BCUT2D eigenvalue weighted by molar-refractivity contribution is 5.29. The molecule has 1 rings (SSSR count). The van der Waals surface area contributed by atoms with Crippen molar-refractivity contribution in [2.75, 3.05) is 6.54 Å². The molecular weight excluding hydrogens is 170 g/mol. The summed E-state index contributed by atoms with van der Waals surface area (Å²) >= 11 is 0. The lowest BCUT2D eigenvalue weighted by Crippen LogP contribution is -1.98. The smallest absolute Gasteiger partial charge is 0.00773 e. The molecule has 0 aromatic heterocycles. The van der Waals surface area contributed by atoms with Crippen molar-refractivity contribution >= 4 is 0 Å². The van der Waals surface area contributed by atoms with Crippen LogP contribution in [0.15, 0.2) is 18.2 Å². The van der Waals surface area contributed by atoms with E-state index in [1.165, 1.54) is 36.0 Å². The molecule has 2 N–H and O–H groups in total. The van der Waals surface area contributed by atoms with E-state index in [4.69, 9.17) is 5.73 Å². The molecule has 0 unspecified atom stereocenters. The summed E-state index contributed by atoms with van der Waals surface area (Å²) < 4.78 is 0. The fourth-order valence-electron chi connectivity index (χ4n) is 1.61. The fraction of sp³-hybridized carbons (Fsp3) is 0.538. The normalized spacial score (nSPS) is 10.5. The van der Waals surface area contributed by atoms with Crippen molar-refractivity contribution in [3.8, 4) is 0 Å². The van der Waals surface area contributed by atoms with E-state index in [2.05, 4.69) is 32.0 Å². The Balaban J connectivity index is 2.39. The van der Waals surface area contributed by atoms with Gasteiger partial charge in [-0.1, -0.05) is 24.6 Å². The Bertz CT molecular complexity index is 279. The van der Waals surface area contributed by atoms with E-state index in [-0.39, 0.29) is 0 Å². The molecule has 1 aromatic rings. The van der Waals surface area contributed by atoms with Crippen LogP contribution in [0.5, 0.6) is 0 Å². The first kappa shape index (κ1) is 11.3. The van der Waals surface area contributed by atoms with Crippen LogP contribution in [0.1, 0.15) is 36.0 Å². The molecule has 0 saturated heterocycles. The Labute approximate surface area is 87.3 Å². The molecule has 0 aliphatic rings. The molecule has 78 valence electrons. The quantitative estimate of drug-likeness (QED) is 0.711. The van der Waals surface area contributed by atoms with Gasteiger partial charge in [0.1, 0.15) is 0 Å². The molecule has 0 aliphatic carbocycles. The van der Waals surface area contributed by atoms with Crippen LogP contribution in [0, 0.1) is 13.8 Å². The maximum Gasteiger partial charge on any atom is -0.00773 e. The third-order valence-corrected chi connectivity index (χ3v) is 2.74. The number of unbranched alkanes of at least 4 members (excludes halogenated alkanes) is 2. The average Bonchev–Trinajstić information content (AvgIpc) is 2.18. The van der Waals surface area contributed by atoms with Crippen LogP contribution >= 0.6 is 0 Å². The monoisotopic (exact) mass is 191 g/mol. The Hall–Kier alpha value is -0.820. The van der Waals surface area contributed by atoms with Crippen LogP contribution in [-0.2, 0) is 6.42 Å². The average molecular weight is 191 g/mol. The van der Waals surface area contributed by atoms with Gasteiger partial charge in [-0.25, -0.2) is 0 Å². The molecule has 0 spiro atoms. The molecule has 0 saturated carbocycles. The van der Waals surface area contributed by atoms with Crippen molar-refractivity contribution < 1.29 is 0 Å². The standard InChI is InChI=1S/C13H21N/c1-11-7-8-13(10-12(11)2)6-4-3-5-9-14/h7-8,10H,3-6,9,14H2,1-2H3. The van der Waals surface area contributed by atoms with Crippen molar-refractivity contribution in [1.82, 2.24) is 0 Å². The molecular formula is C13H21N. The number of hydrogen-bond acceptors (Lipinski definition) is 1. The molecule has 0 aliphatic heterocycles. The van der Waals surface area contributed by atoms with Crippen molar-refractivity contribution in [3.63, 3.8) is 0 Å². The van der Waals surface area contributed by atoms with Crippen LogP contribution in [0.25, 0.3) is 0 Å². The van der Waals surface area contributed by atoms with E-state index in [0.717, 1.165) is 13.0 Å². The predicted octanol–water partition coefficient (Wildman–Crippen LogP) is 2.97. The van der Waals surface area contributed by atoms with Crippen molar-refractivity contribution in [1.29, 1.82) is 0 Å². The lowest BCUT2D eigenvalue weighted by Gasteiger charge is -2.04. The van der Waals surface area contributed by atoms with Crippen molar-refractivity contribution in [2.45, 2.75) is 39.5 Å². The van der Waals surface area contributed by atoms with Gasteiger partial charge in [0.2, 0.25) is 0 Å². The minimum Gasteiger partial charge on any atom is -0.330 e.